The van der Waals surface area contributed by atoms with E-state index in [9.17, 15) is 4.39 Å². The van der Waals surface area contributed by atoms with Crippen molar-refractivity contribution in [1.82, 2.24) is 0 Å². The number of hydrogen-bond acceptors (Lipinski definition) is 1. The SMILES string of the molecule is OCCc1ccc(C2CC2)cc1F. The average Bonchev–Trinajstić information content (AvgIpc) is 2.91. The van der Waals surface area contributed by atoms with Gasteiger partial charge in [0.05, 0.1) is 0 Å². The molecule has 13 heavy (non-hydrogen) atoms. The van der Waals surface area contributed by atoms with Crippen LogP contribution in [0, 0.1) is 5.82 Å². The van der Waals surface area contributed by atoms with Crippen molar-refractivity contribution in [3.05, 3.63) is 35.1 Å². The lowest BCUT2D eigenvalue weighted by Crippen LogP contribution is -1.95. The highest BCUT2D eigenvalue weighted by atomic mass is 19.1. The summed E-state index contributed by atoms with van der Waals surface area (Å²) >= 11 is 0. The molecule has 0 unspecified atom stereocenters. The van der Waals surface area contributed by atoms with Gasteiger partial charge in [-0.15, -0.1) is 0 Å². The van der Waals surface area contributed by atoms with Gasteiger partial charge in [-0.2, -0.15) is 0 Å². The molecule has 1 N–H and O–H groups in total. The van der Waals surface area contributed by atoms with Crippen molar-refractivity contribution in [1.29, 1.82) is 0 Å². The highest BCUT2D eigenvalue weighted by Crippen LogP contribution is 2.40. The Kier molecular flexibility index (Phi) is 2.32. The van der Waals surface area contributed by atoms with Crippen molar-refractivity contribution in [3.8, 4) is 0 Å². The largest absolute Gasteiger partial charge is 0.396 e. The molecule has 0 amide bonds. The molecule has 0 atom stereocenters. The van der Waals surface area contributed by atoms with E-state index < -0.39 is 0 Å². The Morgan fingerprint density at radius 2 is 2.15 bits per heavy atom. The molecule has 2 rings (SSSR count). The summed E-state index contributed by atoms with van der Waals surface area (Å²) in [6.07, 6.45) is 2.80. The van der Waals surface area contributed by atoms with E-state index in [1.165, 1.54) is 12.8 Å². The summed E-state index contributed by atoms with van der Waals surface area (Å²) in [7, 11) is 0. The van der Waals surface area contributed by atoms with Crippen LogP contribution < -0.4 is 0 Å². The molecule has 0 heterocycles. The van der Waals surface area contributed by atoms with Crippen molar-refractivity contribution in [2.75, 3.05) is 6.61 Å². The molecule has 0 aliphatic heterocycles. The van der Waals surface area contributed by atoms with Crippen molar-refractivity contribution < 1.29 is 9.50 Å². The molecule has 1 aliphatic rings. The molecular formula is C11H13FO. The summed E-state index contributed by atoms with van der Waals surface area (Å²) in [6, 6.07) is 5.38. The topological polar surface area (TPSA) is 20.2 Å². The third kappa shape index (κ3) is 1.89. The van der Waals surface area contributed by atoms with Crippen LogP contribution in [0.5, 0.6) is 0 Å². The van der Waals surface area contributed by atoms with Gasteiger partial charge in [0.2, 0.25) is 0 Å². The maximum Gasteiger partial charge on any atom is 0.126 e. The summed E-state index contributed by atoms with van der Waals surface area (Å²) in [5, 5.41) is 8.67. The number of halogens is 1. The molecule has 1 fully saturated rings. The second-order valence-electron chi connectivity index (χ2n) is 3.60. The molecule has 1 saturated carbocycles. The van der Waals surface area contributed by atoms with Gasteiger partial charge in [0.15, 0.2) is 0 Å². The maximum absolute atomic E-state index is 13.3. The minimum Gasteiger partial charge on any atom is -0.396 e. The van der Waals surface area contributed by atoms with E-state index in [1.54, 1.807) is 12.1 Å². The summed E-state index contributed by atoms with van der Waals surface area (Å²) in [5.41, 5.74) is 1.73. The van der Waals surface area contributed by atoms with Crippen molar-refractivity contribution in [2.24, 2.45) is 0 Å². The van der Waals surface area contributed by atoms with E-state index >= 15 is 0 Å². The van der Waals surface area contributed by atoms with Crippen LogP contribution in [0.2, 0.25) is 0 Å². The highest BCUT2D eigenvalue weighted by molar-refractivity contribution is 5.29. The smallest absolute Gasteiger partial charge is 0.126 e. The van der Waals surface area contributed by atoms with Gasteiger partial charge in [-0.1, -0.05) is 12.1 Å². The molecule has 2 heteroatoms. The van der Waals surface area contributed by atoms with Crippen LogP contribution >= 0.6 is 0 Å². The van der Waals surface area contributed by atoms with Gasteiger partial charge in [0, 0.05) is 6.61 Å². The third-order valence-electron chi connectivity index (χ3n) is 2.51. The summed E-state index contributed by atoms with van der Waals surface area (Å²) < 4.78 is 13.3. The fourth-order valence-electron chi connectivity index (χ4n) is 1.56. The summed E-state index contributed by atoms with van der Waals surface area (Å²) in [5.74, 6) is 0.427. The standard InChI is InChI=1S/C11H13FO/c12-11-7-10(8-1-2-8)4-3-9(11)5-6-13/h3-4,7-8,13H,1-2,5-6H2. The Labute approximate surface area is 77.2 Å². The molecular weight excluding hydrogens is 167 g/mol. The lowest BCUT2D eigenvalue weighted by atomic mass is 10.1. The molecule has 1 aliphatic carbocycles. The Hall–Kier alpha value is -0.890. The predicted molar refractivity (Wildman–Crippen MR) is 49.2 cm³/mol. The molecule has 0 saturated heterocycles. The Morgan fingerprint density at radius 3 is 2.69 bits per heavy atom. The van der Waals surface area contributed by atoms with Gasteiger partial charge < -0.3 is 5.11 Å². The fourth-order valence-corrected chi connectivity index (χ4v) is 1.56. The molecule has 0 spiro atoms. The second kappa shape index (κ2) is 3.46. The lowest BCUT2D eigenvalue weighted by molar-refractivity contribution is 0.297. The number of rotatable bonds is 3. The minimum atomic E-state index is -0.168. The van der Waals surface area contributed by atoms with Crippen LogP contribution in [0.15, 0.2) is 18.2 Å². The Morgan fingerprint density at radius 1 is 1.38 bits per heavy atom. The van der Waals surface area contributed by atoms with Gasteiger partial charge in [0.25, 0.3) is 0 Å². The van der Waals surface area contributed by atoms with Crippen LogP contribution in [-0.2, 0) is 6.42 Å². The van der Waals surface area contributed by atoms with Gasteiger partial charge in [-0.05, 0) is 42.4 Å². The van der Waals surface area contributed by atoms with E-state index in [1.807, 2.05) is 6.07 Å². The van der Waals surface area contributed by atoms with Gasteiger partial charge in [-0.3, -0.25) is 0 Å². The molecule has 0 bridgehead atoms. The first-order valence-electron chi connectivity index (χ1n) is 4.70. The monoisotopic (exact) mass is 180 g/mol. The second-order valence-corrected chi connectivity index (χ2v) is 3.60. The van der Waals surface area contributed by atoms with Gasteiger partial charge in [0.1, 0.15) is 5.82 Å². The van der Waals surface area contributed by atoms with Crippen molar-refractivity contribution in [3.63, 3.8) is 0 Å². The van der Waals surface area contributed by atoms with E-state index in [-0.39, 0.29) is 12.4 Å². The zero-order valence-corrected chi connectivity index (χ0v) is 7.46. The zero-order valence-electron chi connectivity index (χ0n) is 7.46. The number of aliphatic hydroxyl groups excluding tert-OH is 1. The lowest BCUT2D eigenvalue weighted by Gasteiger charge is -2.03. The van der Waals surface area contributed by atoms with Gasteiger partial charge in [-0.25, -0.2) is 4.39 Å². The molecule has 1 aromatic carbocycles. The zero-order chi connectivity index (χ0) is 9.26. The summed E-state index contributed by atoms with van der Waals surface area (Å²) in [6.45, 7) is 0.0136. The van der Waals surface area contributed by atoms with E-state index in [0.29, 0.717) is 17.9 Å². The normalized spacial score (nSPS) is 16.2. The number of hydrogen-bond donors (Lipinski definition) is 1. The van der Waals surface area contributed by atoms with E-state index in [0.717, 1.165) is 5.56 Å². The predicted octanol–water partition coefficient (Wildman–Crippen LogP) is 2.24. The van der Waals surface area contributed by atoms with Crippen LogP contribution in [0.3, 0.4) is 0 Å². The first kappa shape index (κ1) is 8.70. The summed E-state index contributed by atoms with van der Waals surface area (Å²) in [4.78, 5) is 0. The number of aliphatic hydroxyl groups is 1. The highest BCUT2D eigenvalue weighted by Gasteiger charge is 2.23. The van der Waals surface area contributed by atoms with E-state index in [2.05, 4.69) is 0 Å². The molecule has 70 valence electrons. The maximum atomic E-state index is 13.3. The molecule has 0 aromatic heterocycles. The Bertz CT molecular complexity index is 305. The first-order valence-corrected chi connectivity index (χ1v) is 4.70. The number of benzene rings is 1. The molecule has 0 radical (unpaired) electrons. The molecule has 1 nitrogen and oxygen atoms in total. The molecule has 1 aromatic rings. The third-order valence-corrected chi connectivity index (χ3v) is 2.51. The fraction of sp³-hybridized carbons (Fsp3) is 0.455. The minimum absolute atomic E-state index is 0.0136. The first-order chi connectivity index (χ1) is 6.31. The van der Waals surface area contributed by atoms with Crippen molar-refractivity contribution in [2.45, 2.75) is 25.2 Å². The van der Waals surface area contributed by atoms with Crippen molar-refractivity contribution >= 4 is 0 Å². The van der Waals surface area contributed by atoms with Gasteiger partial charge >= 0.3 is 0 Å². The average molecular weight is 180 g/mol. The van der Waals surface area contributed by atoms with Crippen LogP contribution in [0.4, 0.5) is 4.39 Å². The van der Waals surface area contributed by atoms with Crippen LogP contribution in [-0.4, -0.2) is 11.7 Å². The van der Waals surface area contributed by atoms with Crippen LogP contribution in [0.25, 0.3) is 0 Å². The van der Waals surface area contributed by atoms with E-state index in [4.69, 9.17) is 5.11 Å². The van der Waals surface area contributed by atoms with Crippen LogP contribution in [0.1, 0.15) is 29.9 Å². The Balaban J connectivity index is 2.21. The quantitative estimate of drug-likeness (QED) is 0.756.